The summed E-state index contributed by atoms with van der Waals surface area (Å²) in [6.07, 6.45) is 5.05. The summed E-state index contributed by atoms with van der Waals surface area (Å²) in [7, 11) is 0. The number of rotatable bonds is 4. The number of hydrogen-bond donors (Lipinski definition) is 2. The topological polar surface area (TPSA) is 68.0 Å². The lowest BCUT2D eigenvalue weighted by atomic mass is 10.2. The molecule has 86 valence electrons. The summed E-state index contributed by atoms with van der Waals surface area (Å²) in [6, 6.07) is 1.54. The van der Waals surface area contributed by atoms with Gasteiger partial charge in [-0.15, -0.1) is 0 Å². The van der Waals surface area contributed by atoms with Crippen molar-refractivity contribution in [2.75, 3.05) is 12.3 Å². The number of nitrogen functional groups attached to an aromatic ring is 1. The zero-order chi connectivity index (χ0) is 11.5. The molecule has 1 amide bonds. The third-order valence-corrected chi connectivity index (χ3v) is 2.94. The van der Waals surface area contributed by atoms with Crippen molar-refractivity contribution in [2.24, 2.45) is 5.92 Å². The Labute approximate surface area is 99.2 Å². The van der Waals surface area contributed by atoms with Gasteiger partial charge in [-0.1, -0.05) is 24.4 Å². The van der Waals surface area contributed by atoms with Crippen molar-refractivity contribution < 1.29 is 4.79 Å². The predicted octanol–water partition coefficient (Wildman–Crippen LogP) is 1.85. The monoisotopic (exact) mass is 239 g/mol. The number of amides is 1. The summed E-state index contributed by atoms with van der Waals surface area (Å²) in [6.45, 7) is 0.689. The molecule has 0 saturated heterocycles. The second kappa shape index (κ2) is 4.70. The number of nitrogens with one attached hydrogen (secondary N) is 1. The molecule has 1 heterocycles. The Kier molecular flexibility index (Phi) is 3.29. The quantitative estimate of drug-likeness (QED) is 0.788. The van der Waals surface area contributed by atoms with E-state index >= 15 is 0 Å². The summed E-state index contributed by atoms with van der Waals surface area (Å²) < 4.78 is 0. The standard InChI is InChI=1S/C11H14ClN3O/c12-10-9(5-8(13)6-15-10)11(16)14-4-3-7-1-2-7/h5-7H,1-4,13H2,(H,14,16). The molecule has 0 radical (unpaired) electrons. The van der Waals surface area contributed by atoms with Gasteiger partial charge in [-0.05, 0) is 18.4 Å². The van der Waals surface area contributed by atoms with Gasteiger partial charge in [0.15, 0.2) is 0 Å². The van der Waals surface area contributed by atoms with Crippen molar-refractivity contribution in [2.45, 2.75) is 19.3 Å². The van der Waals surface area contributed by atoms with Gasteiger partial charge in [0.2, 0.25) is 0 Å². The molecule has 0 aromatic carbocycles. The molecule has 1 aromatic heterocycles. The van der Waals surface area contributed by atoms with Gasteiger partial charge in [0.1, 0.15) is 5.15 Å². The Morgan fingerprint density at radius 2 is 2.38 bits per heavy atom. The largest absolute Gasteiger partial charge is 0.397 e. The van der Waals surface area contributed by atoms with Crippen LogP contribution in [-0.2, 0) is 0 Å². The number of anilines is 1. The Hall–Kier alpha value is -1.29. The van der Waals surface area contributed by atoms with E-state index in [-0.39, 0.29) is 11.1 Å². The van der Waals surface area contributed by atoms with E-state index in [2.05, 4.69) is 10.3 Å². The molecule has 2 rings (SSSR count). The van der Waals surface area contributed by atoms with Crippen molar-refractivity contribution in [1.82, 2.24) is 10.3 Å². The van der Waals surface area contributed by atoms with Crippen LogP contribution >= 0.6 is 11.6 Å². The highest BCUT2D eigenvalue weighted by Crippen LogP contribution is 2.31. The van der Waals surface area contributed by atoms with E-state index in [1.807, 2.05) is 0 Å². The van der Waals surface area contributed by atoms with E-state index in [0.29, 0.717) is 17.8 Å². The zero-order valence-corrected chi connectivity index (χ0v) is 9.63. The summed E-state index contributed by atoms with van der Waals surface area (Å²) in [5.74, 6) is 0.597. The van der Waals surface area contributed by atoms with Gasteiger partial charge in [0, 0.05) is 6.54 Å². The van der Waals surface area contributed by atoms with E-state index in [1.54, 1.807) is 6.07 Å². The average Bonchev–Trinajstić information content (AvgIpc) is 3.05. The molecule has 4 nitrogen and oxygen atoms in total. The Morgan fingerprint density at radius 3 is 3.06 bits per heavy atom. The zero-order valence-electron chi connectivity index (χ0n) is 8.87. The molecule has 1 aliphatic carbocycles. The first kappa shape index (κ1) is 11.2. The number of nitrogens with two attached hydrogens (primary N) is 1. The molecule has 0 aliphatic heterocycles. The normalized spacial score (nSPS) is 14.8. The number of nitrogens with zero attached hydrogens (tertiary/aromatic N) is 1. The lowest BCUT2D eigenvalue weighted by Gasteiger charge is -2.06. The van der Waals surface area contributed by atoms with Crippen LogP contribution in [0.2, 0.25) is 5.15 Å². The van der Waals surface area contributed by atoms with E-state index in [4.69, 9.17) is 17.3 Å². The van der Waals surface area contributed by atoms with Crippen LogP contribution in [0.5, 0.6) is 0 Å². The first-order valence-electron chi connectivity index (χ1n) is 5.36. The number of halogens is 1. The lowest BCUT2D eigenvalue weighted by molar-refractivity contribution is 0.0952. The third-order valence-electron chi connectivity index (χ3n) is 2.64. The van der Waals surface area contributed by atoms with E-state index < -0.39 is 0 Å². The van der Waals surface area contributed by atoms with Gasteiger partial charge >= 0.3 is 0 Å². The average molecular weight is 240 g/mol. The first-order chi connectivity index (χ1) is 7.66. The fourth-order valence-corrected chi connectivity index (χ4v) is 1.70. The second-order valence-corrected chi connectivity index (χ2v) is 4.45. The molecule has 5 heteroatoms. The van der Waals surface area contributed by atoms with Crippen LogP contribution in [0.3, 0.4) is 0 Å². The van der Waals surface area contributed by atoms with Gasteiger partial charge in [-0.2, -0.15) is 0 Å². The van der Waals surface area contributed by atoms with Crippen molar-refractivity contribution >= 4 is 23.2 Å². The van der Waals surface area contributed by atoms with Crippen molar-refractivity contribution in [3.05, 3.63) is 23.0 Å². The van der Waals surface area contributed by atoms with E-state index in [0.717, 1.165) is 12.3 Å². The minimum Gasteiger partial charge on any atom is -0.397 e. The smallest absolute Gasteiger partial charge is 0.254 e. The van der Waals surface area contributed by atoms with Crippen LogP contribution in [0.25, 0.3) is 0 Å². The van der Waals surface area contributed by atoms with E-state index in [9.17, 15) is 4.79 Å². The lowest BCUT2D eigenvalue weighted by Crippen LogP contribution is -2.25. The fraction of sp³-hybridized carbons (Fsp3) is 0.455. The maximum absolute atomic E-state index is 11.7. The highest BCUT2D eigenvalue weighted by Gasteiger charge is 2.21. The number of carbonyl (C=O) groups is 1. The molecule has 1 fully saturated rings. The number of hydrogen-bond acceptors (Lipinski definition) is 3. The van der Waals surface area contributed by atoms with Crippen LogP contribution in [0.15, 0.2) is 12.3 Å². The van der Waals surface area contributed by atoms with Gasteiger partial charge in [0.25, 0.3) is 5.91 Å². The minimum atomic E-state index is -0.203. The van der Waals surface area contributed by atoms with Crippen molar-refractivity contribution in [3.8, 4) is 0 Å². The van der Waals surface area contributed by atoms with Crippen LogP contribution in [0.1, 0.15) is 29.6 Å². The maximum Gasteiger partial charge on any atom is 0.254 e. The summed E-state index contributed by atoms with van der Waals surface area (Å²) in [4.78, 5) is 15.6. The van der Waals surface area contributed by atoms with E-state index in [1.165, 1.54) is 19.0 Å². The molecular formula is C11H14ClN3O. The molecule has 3 N–H and O–H groups in total. The molecule has 1 aliphatic rings. The van der Waals surface area contributed by atoms with Gasteiger partial charge in [0.05, 0.1) is 17.4 Å². The number of aromatic nitrogens is 1. The molecule has 0 bridgehead atoms. The van der Waals surface area contributed by atoms with Crippen LogP contribution in [-0.4, -0.2) is 17.4 Å². The summed E-state index contributed by atoms with van der Waals surface area (Å²) in [5.41, 5.74) is 6.34. The van der Waals surface area contributed by atoms with Crippen LogP contribution in [0.4, 0.5) is 5.69 Å². The predicted molar refractivity (Wildman–Crippen MR) is 63.3 cm³/mol. The van der Waals surface area contributed by atoms with Gasteiger partial charge in [-0.3, -0.25) is 4.79 Å². The molecule has 0 spiro atoms. The molecule has 0 atom stereocenters. The fourth-order valence-electron chi connectivity index (χ4n) is 1.52. The Morgan fingerprint density at radius 1 is 1.62 bits per heavy atom. The Bertz CT molecular complexity index is 404. The summed E-state index contributed by atoms with van der Waals surface area (Å²) in [5, 5.41) is 3.01. The molecule has 1 saturated carbocycles. The van der Waals surface area contributed by atoms with Crippen LogP contribution in [0, 0.1) is 5.92 Å². The number of pyridine rings is 1. The number of carbonyl (C=O) groups excluding carboxylic acids is 1. The SMILES string of the molecule is Nc1cnc(Cl)c(C(=O)NCCC2CC2)c1. The second-order valence-electron chi connectivity index (χ2n) is 4.09. The minimum absolute atomic E-state index is 0.193. The molecule has 0 unspecified atom stereocenters. The van der Waals surface area contributed by atoms with Crippen molar-refractivity contribution in [1.29, 1.82) is 0 Å². The third kappa shape index (κ3) is 2.85. The summed E-state index contributed by atoms with van der Waals surface area (Å²) >= 11 is 5.82. The van der Waals surface area contributed by atoms with Gasteiger partial charge < -0.3 is 11.1 Å². The molecular weight excluding hydrogens is 226 g/mol. The highest BCUT2D eigenvalue weighted by molar-refractivity contribution is 6.32. The van der Waals surface area contributed by atoms with Crippen LogP contribution < -0.4 is 11.1 Å². The maximum atomic E-state index is 11.7. The highest BCUT2D eigenvalue weighted by atomic mass is 35.5. The molecule has 1 aromatic rings. The first-order valence-corrected chi connectivity index (χ1v) is 5.74. The van der Waals surface area contributed by atoms with Crippen molar-refractivity contribution in [3.63, 3.8) is 0 Å². The van der Waals surface area contributed by atoms with Gasteiger partial charge in [-0.25, -0.2) is 4.98 Å². The Balaban J connectivity index is 1.93. The molecule has 16 heavy (non-hydrogen) atoms.